The van der Waals surface area contributed by atoms with Crippen LogP contribution in [0.4, 0.5) is 9.52 Å². The van der Waals surface area contributed by atoms with Crippen LogP contribution in [0.3, 0.4) is 0 Å². The Bertz CT molecular complexity index is 568. The van der Waals surface area contributed by atoms with E-state index in [9.17, 15) is 9.50 Å². The Morgan fingerprint density at radius 2 is 2.05 bits per heavy atom. The monoisotopic (exact) mass is 293 g/mol. The lowest BCUT2D eigenvalue weighted by Gasteiger charge is -2.08. The third-order valence-electron chi connectivity index (χ3n) is 3.36. The molecule has 4 nitrogen and oxygen atoms in total. The number of rotatable bonds is 6. The first-order chi connectivity index (χ1) is 9.70. The third-order valence-corrected chi connectivity index (χ3v) is 4.24. The minimum Gasteiger partial charge on any atom is -0.391 e. The minimum absolute atomic E-state index is 0.234. The standard InChI is InChI=1S/C14H16FN3OS/c15-11-5-1-9(2-6-11)7-13-17-18-14(20-13)16-8-12(19)10-3-4-10/h1-2,5-6,10,12,19H,3-4,7-8H2,(H,16,18). The molecule has 0 radical (unpaired) electrons. The summed E-state index contributed by atoms with van der Waals surface area (Å²) in [7, 11) is 0. The zero-order valence-electron chi connectivity index (χ0n) is 10.9. The summed E-state index contributed by atoms with van der Waals surface area (Å²) >= 11 is 1.47. The predicted octanol–water partition coefficient (Wildman–Crippen LogP) is 2.45. The maximum absolute atomic E-state index is 12.8. The molecule has 1 saturated carbocycles. The fourth-order valence-electron chi connectivity index (χ4n) is 2.01. The number of nitrogens with one attached hydrogen (secondary N) is 1. The number of aromatic nitrogens is 2. The van der Waals surface area contributed by atoms with Gasteiger partial charge in [-0.05, 0) is 36.5 Å². The van der Waals surface area contributed by atoms with Gasteiger partial charge in [-0.1, -0.05) is 23.5 Å². The quantitative estimate of drug-likeness (QED) is 0.859. The second kappa shape index (κ2) is 5.85. The minimum atomic E-state index is -0.292. The second-order valence-corrected chi connectivity index (χ2v) is 6.15. The molecule has 1 fully saturated rings. The van der Waals surface area contributed by atoms with E-state index >= 15 is 0 Å². The normalized spacial score (nSPS) is 16.1. The van der Waals surface area contributed by atoms with Crippen molar-refractivity contribution in [1.29, 1.82) is 0 Å². The molecule has 0 spiro atoms. The SMILES string of the molecule is OC(CNc1nnc(Cc2ccc(F)cc2)s1)C1CC1. The van der Waals surface area contributed by atoms with Crippen LogP contribution >= 0.6 is 11.3 Å². The van der Waals surface area contributed by atoms with Crippen LogP contribution in [-0.2, 0) is 6.42 Å². The van der Waals surface area contributed by atoms with Gasteiger partial charge >= 0.3 is 0 Å². The fourth-order valence-corrected chi connectivity index (χ4v) is 2.79. The zero-order valence-corrected chi connectivity index (χ0v) is 11.7. The lowest BCUT2D eigenvalue weighted by atomic mass is 10.2. The molecule has 6 heteroatoms. The van der Waals surface area contributed by atoms with Crippen molar-refractivity contribution < 1.29 is 9.50 Å². The van der Waals surface area contributed by atoms with E-state index in [2.05, 4.69) is 15.5 Å². The number of benzene rings is 1. The summed E-state index contributed by atoms with van der Waals surface area (Å²) in [6, 6.07) is 6.39. The van der Waals surface area contributed by atoms with Gasteiger partial charge in [0.15, 0.2) is 0 Å². The van der Waals surface area contributed by atoms with Gasteiger partial charge in [0.2, 0.25) is 5.13 Å². The van der Waals surface area contributed by atoms with Crippen molar-refractivity contribution in [3.63, 3.8) is 0 Å². The van der Waals surface area contributed by atoms with Crippen LogP contribution in [0.25, 0.3) is 0 Å². The summed E-state index contributed by atoms with van der Waals surface area (Å²) in [4.78, 5) is 0. The summed E-state index contributed by atoms with van der Waals surface area (Å²) < 4.78 is 12.8. The van der Waals surface area contributed by atoms with Crippen LogP contribution in [0.5, 0.6) is 0 Å². The van der Waals surface area contributed by atoms with Gasteiger partial charge in [-0.3, -0.25) is 0 Å². The van der Waals surface area contributed by atoms with Crippen LogP contribution in [-0.4, -0.2) is 28.0 Å². The lowest BCUT2D eigenvalue weighted by Crippen LogP contribution is -2.21. The predicted molar refractivity (Wildman–Crippen MR) is 76.3 cm³/mol. The van der Waals surface area contributed by atoms with Crippen molar-refractivity contribution in [1.82, 2.24) is 10.2 Å². The smallest absolute Gasteiger partial charge is 0.205 e. The molecule has 1 heterocycles. The van der Waals surface area contributed by atoms with Gasteiger partial charge < -0.3 is 10.4 Å². The van der Waals surface area contributed by atoms with Gasteiger partial charge in [-0.25, -0.2) is 4.39 Å². The molecule has 0 amide bonds. The van der Waals surface area contributed by atoms with E-state index in [0.717, 1.165) is 28.5 Å². The number of hydrogen-bond acceptors (Lipinski definition) is 5. The first-order valence-corrected chi connectivity index (χ1v) is 7.51. The zero-order chi connectivity index (χ0) is 13.9. The van der Waals surface area contributed by atoms with Crippen LogP contribution in [0.2, 0.25) is 0 Å². The molecular weight excluding hydrogens is 277 g/mol. The van der Waals surface area contributed by atoms with Gasteiger partial charge in [0.25, 0.3) is 0 Å². The molecule has 1 aliphatic carbocycles. The highest BCUT2D eigenvalue weighted by Gasteiger charge is 2.29. The van der Waals surface area contributed by atoms with Crippen molar-refractivity contribution >= 4 is 16.5 Å². The maximum atomic E-state index is 12.8. The Hall–Kier alpha value is -1.53. The Balaban J connectivity index is 1.54. The fraction of sp³-hybridized carbons (Fsp3) is 0.429. The van der Waals surface area contributed by atoms with Crippen molar-refractivity contribution in [2.24, 2.45) is 5.92 Å². The largest absolute Gasteiger partial charge is 0.391 e. The van der Waals surface area contributed by atoms with Crippen LogP contribution in [0.15, 0.2) is 24.3 Å². The highest BCUT2D eigenvalue weighted by molar-refractivity contribution is 7.15. The summed E-state index contributed by atoms with van der Waals surface area (Å²) in [5, 5.41) is 22.6. The summed E-state index contributed by atoms with van der Waals surface area (Å²) in [5.41, 5.74) is 1.01. The summed E-state index contributed by atoms with van der Waals surface area (Å²) in [5.74, 6) is 0.219. The number of anilines is 1. The number of aliphatic hydroxyl groups excluding tert-OH is 1. The van der Waals surface area contributed by atoms with Gasteiger partial charge in [-0.15, -0.1) is 10.2 Å². The topological polar surface area (TPSA) is 58.0 Å². The van der Waals surface area contributed by atoms with E-state index in [0.29, 0.717) is 18.9 Å². The van der Waals surface area contributed by atoms with Gasteiger partial charge in [-0.2, -0.15) is 0 Å². The lowest BCUT2D eigenvalue weighted by molar-refractivity contribution is 0.164. The first kappa shape index (κ1) is 13.5. The number of halogens is 1. The molecule has 1 aromatic carbocycles. The van der Waals surface area contributed by atoms with Crippen molar-refractivity contribution in [2.75, 3.05) is 11.9 Å². The molecule has 0 saturated heterocycles. The van der Waals surface area contributed by atoms with Crippen LogP contribution in [0, 0.1) is 11.7 Å². The van der Waals surface area contributed by atoms with E-state index in [1.807, 2.05) is 0 Å². The number of aliphatic hydroxyl groups is 1. The average molecular weight is 293 g/mol. The summed E-state index contributed by atoms with van der Waals surface area (Å²) in [6.45, 7) is 0.524. The van der Waals surface area contributed by atoms with Crippen molar-refractivity contribution in [2.45, 2.75) is 25.4 Å². The molecule has 1 unspecified atom stereocenters. The molecule has 2 aromatic rings. The Morgan fingerprint density at radius 1 is 1.30 bits per heavy atom. The van der Waals surface area contributed by atoms with E-state index in [1.165, 1.54) is 23.5 Å². The maximum Gasteiger partial charge on any atom is 0.205 e. The molecule has 0 bridgehead atoms. The third kappa shape index (κ3) is 3.52. The average Bonchev–Trinajstić information content (AvgIpc) is 3.20. The Kier molecular flexibility index (Phi) is 3.93. The van der Waals surface area contributed by atoms with E-state index in [4.69, 9.17) is 0 Å². The highest BCUT2D eigenvalue weighted by Crippen LogP contribution is 2.32. The molecule has 0 aliphatic heterocycles. The van der Waals surface area contributed by atoms with Crippen molar-refractivity contribution in [3.05, 3.63) is 40.7 Å². The first-order valence-electron chi connectivity index (χ1n) is 6.69. The number of hydrogen-bond donors (Lipinski definition) is 2. The Labute approximate surface area is 120 Å². The summed E-state index contributed by atoms with van der Waals surface area (Å²) in [6.07, 6.45) is 2.59. The van der Waals surface area contributed by atoms with Crippen molar-refractivity contribution in [3.8, 4) is 0 Å². The molecule has 20 heavy (non-hydrogen) atoms. The second-order valence-electron chi connectivity index (χ2n) is 5.09. The van der Waals surface area contributed by atoms with Gasteiger partial charge in [0.05, 0.1) is 6.10 Å². The highest BCUT2D eigenvalue weighted by atomic mass is 32.1. The van der Waals surface area contributed by atoms with Crippen LogP contribution < -0.4 is 5.32 Å². The molecule has 106 valence electrons. The van der Waals surface area contributed by atoms with E-state index < -0.39 is 0 Å². The molecule has 3 rings (SSSR count). The van der Waals surface area contributed by atoms with Gasteiger partial charge in [0.1, 0.15) is 10.8 Å². The van der Waals surface area contributed by atoms with E-state index in [1.54, 1.807) is 12.1 Å². The van der Waals surface area contributed by atoms with E-state index in [-0.39, 0.29) is 11.9 Å². The van der Waals surface area contributed by atoms with Crippen LogP contribution in [0.1, 0.15) is 23.4 Å². The molecular formula is C14H16FN3OS. The number of nitrogens with zero attached hydrogens (tertiary/aromatic N) is 2. The molecule has 2 N–H and O–H groups in total. The Morgan fingerprint density at radius 3 is 2.75 bits per heavy atom. The molecule has 1 atom stereocenters. The van der Waals surface area contributed by atoms with Gasteiger partial charge in [0, 0.05) is 13.0 Å². The molecule has 1 aromatic heterocycles. The molecule has 1 aliphatic rings.